The van der Waals surface area contributed by atoms with E-state index in [0.717, 1.165) is 6.20 Å². The fourth-order valence-corrected chi connectivity index (χ4v) is 1.80. The normalized spacial score (nSPS) is 11.8. The molecule has 0 amide bonds. The maximum Gasteiger partial charge on any atom is 0.420 e. The number of aromatic nitrogens is 2. The Kier molecular flexibility index (Phi) is 3.13. The zero-order valence-electron chi connectivity index (χ0n) is 9.57. The first kappa shape index (κ1) is 12.6. The Balaban J connectivity index is 2.59. The van der Waals surface area contributed by atoms with Crippen LogP contribution in [-0.4, -0.2) is 14.9 Å². The number of alkyl halides is 3. The van der Waals surface area contributed by atoms with Gasteiger partial charge in [0.05, 0.1) is 18.5 Å². The van der Waals surface area contributed by atoms with Crippen LogP contribution in [0.4, 0.5) is 13.2 Å². The van der Waals surface area contributed by atoms with Crippen LogP contribution in [0.15, 0.2) is 30.5 Å². The topological polar surface area (TPSA) is 38.0 Å². The van der Waals surface area contributed by atoms with Crippen LogP contribution in [0.3, 0.4) is 0 Å². The van der Waals surface area contributed by atoms with Gasteiger partial charge in [-0.25, -0.2) is 0 Å². The Morgan fingerprint density at radius 2 is 2.06 bits per heavy atom. The number of aliphatic hydroxyl groups is 1. The van der Waals surface area contributed by atoms with Crippen LogP contribution in [0.1, 0.15) is 11.1 Å². The minimum Gasteiger partial charge on any atom is -0.392 e. The Labute approximate surface area is 101 Å². The Morgan fingerprint density at radius 1 is 1.33 bits per heavy atom. The number of benzene rings is 1. The highest BCUT2D eigenvalue weighted by Gasteiger charge is 2.36. The predicted molar refractivity (Wildman–Crippen MR) is 59.6 cm³/mol. The van der Waals surface area contributed by atoms with Gasteiger partial charge in [-0.15, -0.1) is 0 Å². The molecular formula is C12H11F3N2O. The molecule has 1 aromatic carbocycles. The Morgan fingerprint density at radius 3 is 2.67 bits per heavy atom. The molecule has 0 saturated carbocycles. The van der Waals surface area contributed by atoms with Gasteiger partial charge in [0, 0.05) is 12.6 Å². The summed E-state index contributed by atoms with van der Waals surface area (Å²) in [6, 6.07) is 6.33. The van der Waals surface area contributed by atoms with Gasteiger partial charge in [-0.3, -0.25) is 4.68 Å². The largest absolute Gasteiger partial charge is 0.420 e. The molecule has 0 aliphatic rings. The molecule has 0 atom stereocenters. The molecule has 0 saturated heterocycles. The van der Waals surface area contributed by atoms with E-state index in [-0.39, 0.29) is 12.3 Å². The van der Waals surface area contributed by atoms with Crippen LogP contribution in [0, 0.1) is 0 Å². The van der Waals surface area contributed by atoms with Crippen molar-refractivity contribution >= 4 is 0 Å². The standard InChI is InChI=1S/C12H11F3N2O/c1-17-11(10(6-16-17)12(13,14)15)9-4-2-3-8(5-9)7-18/h2-6,18H,7H2,1H3. The van der Waals surface area contributed by atoms with Crippen molar-refractivity contribution in [3.8, 4) is 11.3 Å². The van der Waals surface area contributed by atoms with E-state index in [1.807, 2.05) is 0 Å². The molecule has 96 valence electrons. The van der Waals surface area contributed by atoms with Crippen LogP contribution in [-0.2, 0) is 19.8 Å². The average molecular weight is 256 g/mol. The van der Waals surface area contributed by atoms with Gasteiger partial charge in [0.15, 0.2) is 0 Å². The molecule has 0 aliphatic carbocycles. The van der Waals surface area contributed by atoms with Crippen molar-refractivity contribution in [2.24, 2.45) is 7.05 Å². The number of aliphatic hydroxyl groups excluding tert-OH is 1. The second-order valence-electron chi connectivity index (χ2n) is 3.89. The maximum atomic E-state index is 12.8. The first-order chi connectivity index (χ1) is 8.43. The molecule has 6 heteroatoms. The molecule has 0 bridgehead atoms. The minimum atomic E-state index is -4.45. The minimum absolute atomic E-state index is 0.00204. The van der Waals surface area contributed by atoms with E-state index in [9.17, 15) is 13.2 Å². The number of nitrogens with zero attached hydrogens (tertiary/aromatic N) is 2. The van der Waals surface area contributed by atoms with E-state index >= 15 is 0 Å². The lowest BCUT2D eigenvalue weighted by atomic mass is 10.0. The summed E-state index contributed by atoms with van der Waals surface area (Å²) in [5, 5.41) is 12.7. The van der Waals surface area contributed by atoms with E-state index in [0.29, 0.717) is 11.1 Å². The monoisotopic (exact) mass is 256 g/mol. The van der Waals surface area contributed by atoms with Crippen molar-refractivity contribution in [2.75, 3.05) is 0 Å². The van der Waals surface area contributed by atoms with Crippen LogP contribution in [0.5, 0.6) is 0 Å². The zero-order chi connectivity index (χ0) is 13.3. The van der Waals surface area contributed by atoms with Gasteiger partial charge < -0.3 is 5.11 Å². The van der Waals surface area contributed by atoms with Gasteiger partial charge in [0.25, 0.3) is 0 Å². The van der Waals surface area contributed by atoms with Crippen molar-refractivity contribution in [3.63, 3.8) is 0 Å². The summed E-state index contributed by atoms with van der Waals surface area (Å²) in [6.45, 7) is -0.215. The summed E-state index contributed by atoms with van der Waals surface area (Å²) < 4.78 is 39.7. The Bertz CT molecular complexity index is 561. The van der Waals surface area contributed by atoms with Gasteiger partial charge in [-0.05, 0) is 11.6 Å². The van der Waals surface area contributed by atoms with Gasteiger partial charge in [-0.1, -0.05) is 18.2 Å². The van der Waals surface area contributed by atoms with E-state index < -0.39 is 11.7 Å². The van der Waals surface area contributed by atoms with Gasteiger partial charge >= 0.3 is 6.18 Å². The third-order valence-corrected chi connectivity index (χ3v) is 2.63. The van der Waals surface area contributed by atoms with Crippen LogP contribution >= 0.6 is 0 Å². The molecule has 2 rings (SSSR count). The maximum absolute atomic E-state index is 12.8. The van der Waals surface area contributed by atoms with Gasteiger partial charge in [-0.2, -0.15) is 18.3 Å². The lowest BCUT2D eigenvalue weighted by Crippen LogP contribution is -2.07. The van der Waals surface area contributed by atoms with E-state index in [1.165, 1.54) is 17.8 Å². The SMILES string of the molecule is Cn1ncc(C(F)(F)F)c1-c1cccc(CO)c1. The molecule has 1 N–H and O–H groups in total. The average Bonchev–Trinajstić information content (AvgIpc) is 2.71. The number of hydrogen-bond acceptors (Lipinski definition) is 2. The number of aryl methyl sites for hydroxylation is 1. The quantitative estimate of drug-likeness (QED) is 0.896. The van der Waals surface area contributed by atoms with Gasteiger partial charge in [0.1, 0.15) is 5.56 Å². The molecule has 2 aromatic rings. The molecule has 3 nitrogen and oxygen atoms in total. The van der Waals surface area contributed by atoms with Crippen LogP contribution < -0.4 is 0 Å². The molecular weight excluding hydrogens is 245 g/mol. The van der Waals surface area contributed by atoms with E-state index in [2.05, 4.69) is 5.10 Å². The summed E-state index contributed by atoms with van der Waals surface area (Å²) in [5.74, 6) is 0. The summed E-state index contributed by atoms with van der Waals surface area (Å²) in [6.07, 6.45) is -3.64. The number of halogens is 3. The molecule has 1 aromatic heterocycles. The number of hydrogen-bond donors (Lipinski definition) is 1. The van der Waals surface area contributed by atoms with Crippen molar-refractivity contribution < 1.29 is 18.3 Å². The van der Waals surface area contributed by atoms with Crippen LogP contribution in [0.2, 0.25) is 0 Å². The summed E-state index contributed by atoms with van der Waals surface area (Å²) in [5.41, 5.74) is 0.161. The molecule has 0 fully saturated rings. The van der Waals surface area contributed by atoms with E-state index in [4.69, 9.17) is 5.11 Å². The molecule has 18 heavy (non-hydrogen) atoms. The highest BCUT2D eigenvalue weighted by molar-refractivity contribution is 5.64. The summed E-state index contributed by atoms with van der Waals surface area (Å²) in [7, 11) is 1.45. The molecule has 0 aliphatic heterocycles. The van der Waals surface area contributed by atoms with Crippen LogP contribution in [0.25, 0.3) is 11.3 Å². The second kappa shape index (κ2) is 4.45. The molecule has 0 unspecified atom stereocenters. The highest BCUT2D eigenvalue weighted by Crippen LogP contribution is 2.36. The predicted octanol–water partition coefficient (Wildman–Crippen LogP) is 2.60. The lowest BCUT2D eigenvalue weighted by molar-refractivity contribution is -0.137. The fourth-order valence-electron chi connectivity index (χ4n) is 1.80. The molecule has 0 spiro atoms. The van der Waals surface area contributed by atoms with Crippen molar-refractivity contribution in [3.05, 3.63) is 41.6 Å². The number of rotatable bonds is 2. The third-order valence-electron chi connectivity index (χ3n) is 2.63. The zero-order valence-corrected chi connectivity index (χ0v) is 9.57. The fraction of sp³-hybridized carbons (Fsp3) is 0.250. The third kappa shape index (κ3) is 2.24. The lowest BCUT2D eigenvalue weighted by Gasteiger charge is -2.10. The highest BCUT2D eigenvalue weighted by atomic mass is 19.4. The molecule has 1 heterocycles. The Hall–Kier alpha value is -1.82. The van der Waals surface area contributed by atoms with Crippen molar-refractivity contribution in [1.29, 1.82) is 0 Å². The molecule has 0 radical (unpaired) electrons. The second-order valence-corrected chi connectivity index (χ2v) is 3.89. The smallest absolute Gasteiger partial charge is 0.392 e. The van der Waals surface area contributed by atoms with E-state index in [1.54, 1.807) is 18.2 Å². The first-order valence-corrected chi connectivity index (χ1v) is 5.23. The summed E-state index contributed by atoms with van der Waals surface area (Å²) >= 11 is 0. The summed E-state index contributed by atoms with van der Waals surface area (Å²) in [4.78, 5) is 0. The first-order valence-electron chi connectivity index (χ1n) is 5.23. The van der Waals surface area contributed by atoms with Crippen molar-refractivity contribution in [1.82, 2.24) is 9.78 Å². The van der Waals surface area contributed by atoms with Gasteiger partial charge in [0.2, 0.25) is 0 Å². The van der Waals surface area contributed by atoms with Crippen molar-refractivity contribution in [2.45, 2.75) is 12.8 Å².